The first-order chi connectivity index (χ1) is 10.2. The fraction of sp³-hybridized carbons (Fsp3) is 0.647. The van der Waals surface area contributed by atoms with E-state index in [1.54, 1.807) is 0 Å². The number of likely N-dealkylation sites (N-methyl/N-ethyl adjacent to an activating group) is 1. The van der Waals surface area contributed by atoms with Crippen LogP contribution in [0, 0.1) is 0 Å². The van der Waals surface area contributed by atoms with Crippen LogP contribution in [0.1, 0.15) is 25.3 Å². The molecule has 1 aromatic rings. The lowest BCUT2D eigenvalue weighted by molar-refractivity contribution is -0.163. The number of rotatable bonds is 4. The molecule has 1 aromatic carbocycles. The third kappa shape index (κ3) is 3.46. The van der Waals surface area contributed by atoms with E-state index in [0.717, 1.165) is 18.7 Å². The molecule has 116 valence electrons. The zero-order chi connectivity index (χ0) is 14.7. The maximum absolute atomic E-state index is 6.22. The minimum Gasteiger partial charge on any atom is -0.343 e. The van der Waals surface area contributed by atoms with E-state index in [1.807, 2.05) is 25.1 Å². The van der Waals surface area contributed by atoms with E-state index in [-0.39, 0.29) is 6.10 Å². The Morgan fingerprint density at radius 3 is 2.90 bits per heavy atom. The summed E-state index contributed by atoms with van der Waals surface area (Å²) in [7, 11) is 2.05. The number of nitrogens with zero attached hydrogens (tertiary/aromatic N) is 1. The first kappa shape index (κ1) is 15.0. The molecular weight excluding hydrogens is 264 g/mol. The second-order valence-electron chi connectivity index (χ2n) is 6.25. The third-order valence-electron chi connectivity index (χ3n) is 4.61. The monoisotopic (exact) mass is 290 g/mol. The largest absolute Gasteiger partial charge is 0.343 e. The molecule has 0 amide bonds. The quantitative estimate of drug-likeness (QED) is 0.919. The van der Waals surface area contributed by atoms with Crippen molar-refractivity contribution < 1.29 is 9.47 Å². The Bertz CT molecular complexity index is 453. The van der Waals surface area contributed by atoms with E-state index in [4.69, 9.17) is 9.47 Å². The van der Waals surface area contributed by atoms with Gasteiger partial charge in [-0.05, 0) is 33.4 Å². The molecule has 4 heteroatoms. The summed E-state index contributed by atoms with van der Waals surface area (Å²) in [5.41, 5.74) is 1.10. The molecule has 21 heavy (non-hydrogen) atoms. The number of likely N-dealkylation sites (tertiary alicyclic amines) is 1. The molecule has 0 saturated carbocycles. The van der Waals surface area contributed by atoms with E-state index in [2.05, 4.69) is 29.4 Å². The number of piperidine rings is 1. The first-order valence-electron chi connectivity index (χ1n) is 7.96. The van der Waals surface area contributed by atoms with Crippen LogP contribution in [0.2, 0.25) is 0 Å². The fourth-order valence-electron chi connectivity index (χ4n) is 3.37. The van der Waals surface area contributed by atoms with Crippen LogP contribution in [0.5, 0.6) is 0 Å². The average molecular weight is 290 g/mol. The zero-order valence-electron chi connectivity index (χ0n) is 13.0. The lowest BCUT2D eigenvalue weighted by Gasteiger charge is -2.34. The van der Waals surface area contributed by atoms with E-state index in [9.17, 15) is 0 Å². The molecule has 0 radical (unpaired) electrons. The van der Waals surface area contributed by atoms with Gasteiger partial charge in [0.05, 0.1) is 12.7 Å². The molecule has 4 nitrogen and oxygen atoms in total. The van der Waals surface area contributed by atoms with E-state index < -0.39 is 5.79 Å². The van der Waals surface area contributed by atoms with Gasteiger partial charge >= 0.3 is 0 Å². The van der Waals surface area contributed by atoms with Crippen molar-refractivity contribution in [1.82, 2.24) is 10.2 Å². The van der Waals surface area contributed by atoms with Crippen molar-refractivity contribution in [2.75, 3.05) is 33.3 Å². The van der Waals surface area contributed by atoms with Crippen molar-refractivity contribution in [3.05, 3.63) is 35.9 Å². The number of benzene rings is 1. The van der Waals surface area contributed by atoms with Gasteiger partial charge in [-0.25, -0.2) is 0 Å². The number of hydrogen-bond acceptors (Lipinski definition) is 4. The molecule has 1 N–H and O–H groups in total. The summed E-state index contributed by atoms with van der Waals surface area (Å²) in [6, 6.07) is 10.8. The molecule has 0 aromatic heterocycles. The minimum atomic E-state index is -0.593. The van der Waals surface area contributed by atoms with Crippen LogP contribution in [0.3, 0.4) is 0 Å². The summed E-state index contributed by atoms with van der Waals surface area (Å²) in [4.78, 5) is 2.50. The molecule has 2 fully saturated rings. The van der Waals surface area contributed by atoms with Crippen molar-refractivity contribution in [2.45, 2.75) is 37.7 Å². The Morgan fingerprint density at radius 2 is 2.14 bits per heavy atom. The van der Waals surface area contributed by atoms with Gasteiger partial charge in [-0.2, -0.15) is 0 Å². The summed E-state index contributed by atoms with van der Waals surface area (Å²) in [5.74, 6) is -0.593. The Morgan fingerprint density at radius 1 is 1.33 bits per heavy atom. The van der Waals surface area contributed by atoms with E-state index in [0.29, 0.717) is 12.6 Å². The lowest BCUT2D eigenvalue weighted by Crippen LogP contribution is -2.47. The highest BCUT2D eigenvalue weighted by molar-refractivity contribution is 5.20. The molecular formula is C17H26N2O2. The molecule has 0 bridgehead atoms. The van der Waals surface area contributed by atoms with Crippen molar-refractivity contribution in [3.63, 3.8) is 0 Å². The van der Waals surface area contributed by atoms with Crippen LogP contribution < -0.4 is 5.32 Å². The van der Waals surface area contributed by atoms with Gasteiger partial charge in [0, 0.05) is 24.7 Å². The summed E-state index contributed by atoms with van der Waals surface area (Å²) < 4.78 is 12.2. The molecule has 2 saturated heterocycles. The predicted octanol–water partition coefficient (Wildman–Crippen LogP) is 1.96. The van der Waals surface area contributed by atoms with Crippen molar-refractivity contribution in [1.29, 1.82) is 0 Å². The van der Waals surface area contributed by atoms with Gasteiger partial charge in [0.1, 0.15) is 0 Å². The van der Waals surface area contributed by atoms with Gasteiger partial charge in [-0.3, -0.25) is 4.90 Å². The summed E-state index contributed by atoms with van der Waals surface area (Å²) in [5, 5.41) is 3.39. The maximum atomic E-state index is 6.22. The van der Waals surface area contributed by atoms with Crippen LogP contribution >= 0.6 is 0 Å². The smallest absolute Gasteiger partial charge is 0.192 e. The van der Waals surface area contributed by atoms with Gasteiger partial charge in [0.15, 0.2) is 5.79 Å². The SMILES string of the molecule is CNC1CCCN(CC2COC(C)(c3ccccc3)O2)C1. The Balaban J connectivity index is 1.57. The van der Waals surface area contributed by atoms with Gasteiger partial charge in [0.25, 0.3) is 0 Å². The molecule has 0 aliphatic carbocycles. The first-order valence-corrected chi connectivity index (χ1v) is 7.96. The van der Waals surface area contributed by atoms with Crippen LogP contribution in [0.4, 0.5) is 0 Å². The second-order valence-corrected chi connectivity index (χ2v) is 6.25. The van der Waals surface area contributed by atoms with Crippen LogP contribution in [0.15, 0.2) is 30.3 Å². The van der Waals surface area contributed by atoms with E-state index >= 15 is 0 Å². The van der Waals surface area contributed by atoms with Crippen molar-refractivity contribution in [2.24, 2.45) is 0 Å². The van der Waals surface area contributed by atoms with Crippen molar-refractivity contribution in [3.8, 4) is 0 Å². The minimum absolute atomic E-state index is 0.158. The summed E-state index contributed by atoms with van der Waals surface area (Å²) in [6.07, 6.45) is 2.69. The highest BCUT2D eigenvalue weighted by Gasteiger charge is 2.39. The molecule has 2 heterocycles. The van der Waals surface area contributed by atoms with Gasteiger partial charge in [-0.1, -0.05) is 30.3 Å². The molecule has 3 unspecified atom stereocenters. The highest BCUT2D eigenvalue weighted by Crippen LogP contribution is 2.34. The van der Waals surface area contributed by atoms with Crippen molar-refractivity contribution >= 4 is 0 Å². The molecule has 2 aliphatic heterocycles. The maximum Gasteiger partial charge on any atom is 0.192 e. The Kier molecular flexibility index (Phi) is 4.60. The lowest BCUT2D eigenvalue weighted by atomic mass is 10.1. The summed E-state index contributed by atoms with van der Waals surface area (Å²) >= 11 is 0. The summed E-state index contributed by atoms with van der Waals surface area (Å²) in [6.45, 7) is 5.93. The number of hydrogen-bond donors (Lipinski definition) is 1. The normalized spacial score (nSPS) is 34.2. The standard InChI is InChI=1S/C17H26N2O2/c1-17(14-7-4-3-5-8-14)20-13-16(21-17)12-19-10-6-9-15(11-19)18-2/h3-5,7-8,15-16,18H,6,9-13H2,1-2H3. The number of nitrogens with one attached hydrogen (secondary N) is 1. The molecule has 3 atom stereocenters. The average Bonchev–Trinajstić information content (AvgIpc) is 2.91. The third-order valence-corrected chi connectivity index (χ3v) is 4.61. The number of ether oxygens (including phenoxy) is 2. The topological polar surface area (TPSA) is 33.7 Å². The van der Waals surface area contributed by atoms with Crippen LogP contribution in [0.25, 0.3) is 0 Å². The van der Waals surface area contributed by atoms with Gasteiger partial charge in [-0.15, -0.1) is 0 Å². The van der Waals surface area contributed by atoms with Gasteiger partial charge in [0.2, 0.25) is 0 Å². The Hall–Kier alpha value is -0.940. The zero-order valence-corrected chi connectivity index (χ0v) is 13.0. The van der Waals surface area contributed by atoms with Crippen LogP contribution in [-0.4, -0.2) is 50.3 Å². The predicted molar refractivity (Wildman–Crippen MR) is 83.1 cm³/mol. The fourth-order valence-corrected chi connectivity index (χ4v) is 3.37. The molecule has 2 aliphatic rings. The van der Waals surface area contributed by atoms with Gasteiger partial charge < -0.3 is 14.8 Å². The molecule has 3 rings (SSSR count). The van der Waals surface area contributed by atoms with Crippen LogP contribution in [-0.2, 0) is 15.3 Å². The Labute approximate surface area is 127 Å². The molecule has 0 spiro atoms. The second kappa shape index (κ2) is 6.44. The highest BCUT2D eigenvalue weighted by atomic mass is 16.7. The van der Waals surface area contributed by atoms with E-state index in [1.165, 1.54) is 19.4 Å².